The number of carboxylic acids is 1. The molecule has 1 aromatic heterocycles. The molecule has 0 aliphatic heterocycles. The van der Waals surface area contributed by atoms with Crippen LogP contribution < -0.4 is 5.32 Å². The van der Waals surface area contributed by atoms with E-state index in [0.29, 0.717) is 0 Å². The zero-order valence-corrected chi connectivity index (χ0v) is 13.4. The third-order valence-corrected chi connectivity index (χ3v) is 5.33. The number of carboxylic acid groups (broad SMARTS) is 1. The largest absolute Gasteiger partial charge is 0.481 e. The summed E-state index contributed by atoms with van der Waals surface area (Å²) in [7, 11) is 0. The van der Waals surface area contributed by atoms with Gasteiger partial charge < -0.3 is 10.4 Å². The summed E-state index contributed by atoms with van der Waals surface area (Å²) in [4.78, 5) is 26.7. The van der Waals surface area contributed by atoms with Crippen LogP contribution in [0.2, 0.25) is 0 Å². The number of alkyl halides is 3. The van der Waals surface area contributed by atoms with Gasteiger partial charge in [-0.3, -0.25) is 9.59 Å². The number of aliphatic carboxylic acids is 1. The highest BCUT2D eigenvalue weighted by atomic mass is 32.1. The monoisotopic (exact) mass is 350 g/mol. The molecule has 0 bridgehead atoms. The molecule has 0 radical (unpaired) electrons. The van der Waals surface area contributed by atoms with E-state index >= 15 is 0 Å². The minimum absolute atomic E-state index is 0.0344. The topological polar surface area (TPSA) is 79.3 Å². The van der Waals surface area contributed by atoms with E-state index in [1.165, 1.54) is 0 Å². The summed E-state index contributed by atoms with van der Waals surface area (Å²) < 4.78 is 37.3. The SMILES string of the molecule is CC1C(C)[C@H](C(=O)NCCc2nc(C(F)(F)F)cs2)[C@@H]1C(=O)O. The molecule has 5 nitrogen and oxygen atoms in total. The molecule has 0 saturated heterocycles. The Balaban J connectivity index is 1.85. The van der Waals surface area contributed by atoms with Crippen molar-refractivity contribution in [3.63, 3.8) is 0 Å². The summed E-state index contributed by atoms with van der Waals surface area (Å²) in [5, 5.41) is 12.9. The molecule has 23 heavy (non-hydrogen) atoms. The fourth-order valence-electron chi connectivity index (χ4n) is 2.91. The van der Waals surface area contributed by atoms with Gasteiger partial charge in [-0.05, 0) is 11.8 Å². The number of aromatic nitrogens is 1. The Morgan fingerprint density at radius 3 is 2.43 bits per heavy atom. The Morgan fingerprint density at radius 2 is 1.91 bits per heavy atom. The summed E-state index contributed by atoms with van der Waals surface area (Å²) in [6, 6.07) is 0. The molecular formula is C14H17F3N2O3S. The maximum absolute atomic E-state index is 12.4. The molecule has 0 aromatic carbocycles. The number of halogens is 3. The quantitative estimate of drug-likeness (QED) is 0.855. The highest BCUT2D eigenvalue weighted by Gasteiger charge is 2.52. The fourth-order valence-corrected chi connectivity index (χ4v) is 3.71. The van der Waals surface area contributed by atoms with Crippen LogP contribution in [-0.2, 0) is 22.2 Å². The van der Waals surface area contributed by atoms with Crippen LogP contribution in [0.3, 0.4) is 0 Å². The van der Waals surface area contributed by atoms with Gasteiger partial charge in [0.1, 0.15) is 0 Å². The molecule has 9 heteroatoms. The average Bonchev–Trinajstić information content (AvgIpc) is 2.91. The number of thiazole rings is 1. The normalized spacial score (nSPS) is 27.3. The zero-order valence-electron chi connectivity index (χ0n) is 12.6. The Hall–Kier alpha value is -1.64. The predicted octanol–water partition coefficient (Wildman–Crippen LogP) is 2.42. The number of amides is 1. The van der Waals surface area contributed by atoms with E-state index in [-0.39, 0.29) is 35.7 Å². The lowest BCUT2D eigenvalue weighted by Crippen LogP contribution is -2.55. The molecule has 1 fully saturated rings. The number of hydrogen-bond donors (Lipinski definition) is 2. The molecule has 2 unspecified atom stereocenters. The molecule has 2 rings (SSSR count). The standard InChI is InChI=1S/C14H17F3N2O3S/c1-6-7(2)11(13(21)22)10(6)12(20)18-4-3-9-19-8(5-23-9)14(15,16)17/h5-7,10-11H,3-4H2,1-2H3,(H,18,20)(H,21,22)/t6?,7?,10-,11+/m0/s1. The molecule has 1 heterocycles. The summed E-state index contributed by atoms with van der Waals surface area (Å²) in [5.41, 5.74) is -0.934. The van der Waals surface area contributed by atoms with Gasteiger partial charge in [0.25, 0.3) is 0 Å². The van der Waals surface area contributed by atoms with Gasteiger partial charge in [0.15, 0.2) is 5.69 Å². The van der Waals surface area contributed by atoms with Crippen molar-refractivity contribution in [1.82, 2.24) is 10.3 Å². The van der Waals surface area contributed by atoms with E-state index in [2.05, 4.69) is 10.3 Å². The smallest absolute Gasteiger partial charge is 0.434 e. The number of hydrogen-bond acceptors (Lipinski definition) is 4. The lowest BCUT2D eigenvalue weighted by atomic mass is 9.57. The van der Waals surface area contributed by atoms with Crippen molar-refractivity contribution in [1.29, 1.82) is 0 Å². The molecule has 4 atom stereocenters. The average molecular weight is 350 g/mol. The summed E-state index contributed by atoms with van der Waals surface area (Å²) in [5.74, 6) is -2.77. The van der Waals surface area contributed by atoms with Crippen LogP contribution in [0.25, 0.3) is 0 Å². The first-order chi connectivity index (χ1) is 10.6. The minimum atomic E-state index is -4.47. The Kier molecular flexibility index (Phi) is 4.98. The Morgan fingerprint density at radius 1 is 1.30 bits per heavy atom. The first kappa shape index (κ1) is 17.7. The van der Waals surface area contributed by atoms with Crippen molar-refractivity contribution in [2.75, 3.05) is 6.54 Å². The summed E-state index contributed by atoms with van der Waals surface area (Å²) in [6.07, 6.45) is -4.29. The second-order valence-electron chi connectivity index (χ2n) is 5.77. The van der Waals surface area contributed by atoms with E-state index in [9.17, 15) is 22.8 Å². The molecule has 1 aliphatic carbocycles. The summed E-state index contributed by atoms with van der Waals surface area (Å²) in [6.45, 7) is 3.75. The van der Waals surface area contributed by atoms with Crippen LogP contribution in [0.4, 0.5) is 13.2 Å². The van der Waals surface area contributed by atoms with Crippen molar-refractivity contribution in [2.24, 2.45) is 23.7 Å². The number of carbonyl (C=O) groups excluding carboxylic acids is 1. The van der Waals surface area contributed by atoms with Gasteiger partial charge in [-0.2, -0.15) is 13.2 Å². The van der Waals surface area contributed by atoms with Gasteiger partial charge in [-0.15, -0.1) is 11.3 Å². The number of nitrogens with one attached hydrogen (secondary N) is 1. The highest BCUT2D eigenvalue weighted by Crippen LogP contribution is 2.45. The number of rotatable bonds is 5. The van der Waals surface area contributed by atoms with Gasteiger partial charge in [0.2, 0.25) is 5.91 Å². The van der Waals surface area contributed by atoms with Crippen molar-refractivity contribution < 1.29 is 27.9 Å². The maximum Gasteiger partial charge on any atom is 0.434 e. The van der Waals surface area contributed by atoms with Crippen molar-refractivity contribution in [3.8, 4) is 0 Å². The van der Waals surface area contributed by atoms with Crippen LogP contribution >= 0.6 is 11.3 Å². The Bertz CT molecular complexity index is 602. The van der Waals surface area contributed by atoms with Crippen LogP contribution in [-0.4, -0.2) is 28.5 Å². The van der Waals surface area contributed by atoms with Gasteiger partial charge in [0.05, 0.1) is 16.8 Å². The van der Waals surface area contributed by atoms with Gasteiger partial charge in [-0.1, -0.05) is 13.8 Å². The first-order valence-electron chi connectivity index (χ1n) is 7.15. The summed E-state index contributed by atoms with van der Waals surface area (Å²) >= 11 is 0.886. The predicted molar refractivity (Wildman–Crippen MR) is 76.8 cm³/mol. The second kappa shape index (κ2) is 6.46. The molecule has 1 aliphatic rings. The molecule has 128 valence electrons. The van der Waals surface area contributed by atoms with E-state index in [1.807, 2.05) is 6.92 Å². The minimum Gasteiger partial charge on any atom is -0.481 e. The zero-order chi connectivity index (χ0) is 17.4. The Labute approximate surface area is 134 Å². The van der Waals surface area contributed by atoms with Gasteiger partial charge in [0, 0.05) is 18.3 Å². The van der Waals surface area contributed by atoms with Crippen LogP contribution in [0.1, 0.15) is 24.5 Å². The molecule has 1 aromatic rings. The lowest BCUT2D eigenvalue weighted by molar-refractivity contribution is -0.163. The van der Waals surface area contributed by atoms with Crippen LogP contribution in [0.15, 0.2) is 5.38 Å². The van der Waals surface area contributed by atoms with E-state index in [1.54, 1.807) is 6.92 Å². The van der Waals surface area contributed by atoms with Crippen molar-refractivity contribution in [2.45, 2.75) is 26.4 Å². The second-order valence-corrected chi connectivity index (χ2v) is 6.72. The first-order valence-corrected chi connectivity index (χ1v) is 8.03. The molecule has 1 amide bonds. The third-order valence-electron chi connectivity index (χ3n) is 4.42. The fraction of sp³-hybridized carbons (Fsp3) is 0.643. The molecule has 0 spiro atoms. The third kappa shape index (κ3) is 3.65. The highest BCUT2D eigenvalue weighted by molar-refractivity contribution is 7.09. The maximum atomic E-state index is 12.4. The van der Waals surface area contributed by atoms with Gasteiger partial charge >= 0.3 is 12.1 Å². The lowest BCUT2D eigenvalue weighted by Gasteiger charge is -2.45. The number of carbonyl (C=O) groups is 2. The molecule has 1 saturated carbocycles. The van der Waals surface area contributed by atoms with E-state index in [0.717, 1.165) is 16.7 Å². The van der Waals surface area contributed by atoms with Crippen LogP contribution in [0.5, 0.6) is 0 Å². The van der Waals surface area contributed by atoms with Crippen LogP contribution in [0, 0.1) is 23.7 Å². The van der Waals surface area contributed by atoms with Gasteiger partial charge in [-0.25, -0.2) is 4.98 Å². The van der Waals surface area contributed by atoms with Crippen molar-refractivity contribution >= 4 is 23.2 Å². The van der Waals surface area contributed by atoms with E-state index in [4.69, 9.17) is 5.11 Å². The number of nitrogens with zero attached hydrogens (tertiary/aromatic N) is 1. The molecule has 2 N–H and O–H groups in total. The van der Waals surface area contributed by atoms with E-state index < -0.39 is 29.7 Å². The molecular weight excluding hydrogens is 333 g/mol. The van der Waals surface area contributed by atoms with Crippen molar-refractivity contribution in [3.05, 3.63) is 16.1 Å².